The van der Waals surface area contributed by atoms with Crippen molar-refractivity contribution in [2.24, 2.45) is 0 Å². The van der Waals surface area contributed by atoms with Crippen LogP contribution in [0.25, 0.3) is 0 Å². The van der Waals surface area contributed by atoms with E-state index in [1.807, 2.05) is 0 Å². The minimum Gasteiger partial charge on any atom is -0.497 e. The van der Waals surface area contributed by atoms with Gasteiger partial charge in [0.25, 0.3) is 11.6 Å². The Kier molecular flexibility index (Phi) is 4.73. The van der Waals surface area contributed by atoms with Crippen molar-refractivity contribution < 1.29 is 14.5 Å². The highest BCUT2D eigenvalue weighted by molar-refractivity contribution is 5.94. The normalized spacial score (nSPS) is 10.1. The third-order valence-corrected chi connectivity index (χ3v) is 3.26. The Hall–Kier alpha value is -2.89. The predicted molar refractivity (Wildman–Crippen MR) is 81.9 cm³/mol. The number of carbonyl (C=O) groups is 1. The van der Waals surface area contributed by atoms with Gasteiger partial charge in [-0.3, -0.25) is 14.9 Å². The molecule has 0 aliphatic heterocycles. The van der Waals surface area contributed by atoms with Crippen LogP contribution in [-0.2, 0) is 6.54 Å². The molecule has 0 bridgehead atoms. The standard InChI is InChI=1S/C16H16N2O4/c1-17(11-13-6-3-4-9-15(13)18(20)21)16(19)12-7-5-8-14(10-12)22-2/h3-10H,11H2,1-2H3. The Morgan fingerprint density at radius 3 is 2.64 bits per heavy atom. The fourth-order valence-corrected chi connectivity index (χ4v) is 2.13. The van der Waals surface area contributed by atoms with Crippen LogP contribution < -0.4 is 4.74 Å². The largest absolute Gasteiger partial charge is 0.497 e. The van der Waals surface area contributed by atoms with Crippen LogP contribution in [0.3, 0.4) is 0 Å². The molecule has 0 aliphatic rings. The lowest BCUT2D eigenvalue weighted by Gasteiger charge is -2.17. The third kappa shape index (κ3) is 3.41. The molecule has 0 heterocycles. The first-order chi connectivity index (χ1) is 10.5. The number of hydrogen-bond donors (Lipinski definition) is 0. The number of methoxy groups -OCH3 is 1. The maximum Gasteiger partial charge on any atom is 0.274 e. The second kappa shape index (κ2) is 6.71. The van der Waals surface area contributed by atoms with Gasteiger partial charge in [-0.05, 0) is 18.2 Å². The summed E-state index contributed by atoms with van der Waals surface area (Å²) in [5, 5.41) is 11.0. The van der Waals surface area contributed by atoms with Crippen molar-refractivity contribution in [1.29, 1.82) is 0 Å². The molecule has 0 atom stereocenters. The van der Waals surface area contributed by atoms with Gasteiger partial charge in [-0.1, -0.05) is 24.3 Å². The van der Waals surface area contributed by atoms with Crippen molar-refractivity contribution in [3.63, 3.8) is 0 Å². The van der Waals surface area contributed by atoms with Crippen LogP contribution in [0.1, 0.15) is 15.9 Å². The van der Waals surface area contributed by atoms with Crippen LogP contribution in [0.5, 0.6) is 5.75 Å². The van der Waals surface area contributed by atoms with Crippen LogP contribution in [-0.4, -0.2) is 29.9 Å². The first kappa shape index (κ1) is 15.5. The van der Waals surface area contributed by atoms with Gasteiger partial charge in [-0.2, -0.15) is 0 Å². The number of amides is 1. The monoisotopic (exact) mass is 300 g/mol. The third-order valence-electron chi connectivity index (χ3n) is 3.26. The van der Waals surface area contributed by atoms with Gasteiger partial charge in [0.2, 0.25) is 0 Å². The quantitative estimate of drug-likeness (QED) is 0.628. The SMILES string of the molecule is COc1cccc(C(=O)N(C)Cc2ccccc2[N+](=O)[O-])c1. The minimum absolute atomic E-state index is 0.00722. The number of nitro benzene ring substituents is 1. The molecule has 6 heteroatoms. The van der Waals surface area contributed by atoms with Gasteiger partial charge in [0, 0.05) is 24.2 Å². The topological polar surface area (TPSA) is 72.7 Å². The van der Waals surface area contributed by atoms with E-state index in [4.69, 9.17) is 4.74 Å². The maximum atomic E-state index is 12.4. The van der Waals surface area contributed by atoms with Crippen molar-refractivity contribution in [2.75, 3.05) is 14.2 Å². The molecule has 2 aromatic carbocycles. The zero-order valence-electron chi connectivity index (χ0n) is 12.4. The highest BCUT2D eigenvalue weighted by Gasteiger charge is 2.18. The summed E-state index contributed by atoms with van der Waals surface area (Å²) in [5.41, 5.74) is 0.972. The van der Waals surface area contributed by atoms with Gasteiger partial charge in [0.1, 0.15) is 5.75 Å². The lowest BCUT2D eigenvalue weighted by Crippen LogP contribution is -2.26. The summed E-state index contributed by atoms with van der Waals surface area (Å²) in [6, 6.07) is 13.2. The van der Waals surface area contributed by atoms with Gasteiger partial charge in [-0.15, -0.1) is 0 Å². The van der Waals surface area contributed by atoms with Crippen molar-refractivity contribution >= 4 is 11.6 Å². The maximum absolute atomic E-state index is 12.4. The number of rotatable bonds is 5. The average molecular weight is 300 g/mol. The summed E-state index contributed by atoms with van der Waals surface area (Å²) in [7, 11) is 3.14. The Labute approximate surface area is 128 Å². The number of carbonyl (C=O) groups excluding carboxylic acids is 1. The molecule has 0 radical (unpaired) electrons. The van der Waals surface area contributed by atoms with Crippen molar-refractivity contribution in [3.8, 4) is 5.75 Å². The van der Waals surface area contributed by atoms with E-state index in [0.717, 1.165) is 0 Å². The second-order valence-electron chi connectivity index (χ2n) is 4.78. The molecule has 2 rings (SSSR count). The summed E-state index contributed by atoms with van der Waals surface area (Å²) >= 11 is 0. The number of benzene rings is 2. The summed E-state index contributed by atoms with van der Waals surface area (Å²) < 4.78 is 5.09. The van der Waals surface area contributed by atoms with E-state index in [9.17, 15) is 14.9 Å². The molecule has 1 amide bonds. The van der Waals surface area contributed by atoms with Gasteiger partial charge < -0.3 is 9.64 Å². The Morgan fingerprint density at radius 2 is 1.95 bits per heavy atom. The fourth-order valence-electron chi connectivity index (χ4n) is 2.13. The van der Waals surface area contributed by atoms with Crippen molar-refractivity contribution in [2.45, 2.75) is 6.54 Å². The smallest absolute Gasteiger partial charge is 0.274 e. The number of ether oxygens (including phenoxy) is 1. The first-order valence-corrected chi connectivity index (χ1v) is 6.64. The summed E-state index contributed by atoms with van der Waals surface area (Å²) in [6.45, 7) is 0.160. The summed E-state index contributed by atoms with van der Waals surface area (Å²) in [6.07, 6.45) is 0. The summed E-state index contributed by atoms with van der Waals surface area (Å²) in [4.78, 5) is 24.4. The van der Waals surface area contributed by atoms with Crippen LogP contribution >= 0.6 is 0 Å². The van der Waals surface area contributed by atoms with Gasteiger partial charge in [-0.25, -0.2) is 0 Å². The molecule has 2 aromatic rings. The molecule has 6 nitrogen and oxygen atoms in total. The fraction of sp³-hybridized carbons (Fsp3) is 0.188. The average Bonchev–Trinajstić information content (AvgIpc) is 2.54. The van der Waals surface area contributed by atoms with E-state index in [1.165, 1.54) is 18.1 Å². The number of hydrogen-bond acceptors (Lipinski definition) is 4. The molecule has 0 N–H and O–H groups in total. The van der Waals surface area contributed by atoms with Crippen LogP contribution in [0.2, 0.25) is 0 Å². The molecule has 0 spiro atoms. The Balaban J connectivity index is 2.20. The number of para-hydroxylation sites is 1. The molecular weight excluding hydrogens is 284 g/mol. The molecular formula is C16H16N2O4. The zero-order valence-corrected chi connectivity index (χ0v) is 12.4. The van der Waals surface area contributed by atoms with Crippen molar-refractivity contribution in [1.82, 2.24) is 4.90 Å². The van der Waals surface area contributed by atoms with E-state index in [0.29, 0.717) is 16.9 Å². The number of nitrogens with zero attached hydrogens (tertiary/aromatic N) is 2. The molecule has 114 valence electrons. The lowest BCUT2D eigenvalue weighted by molar-refractivity contribution is -0.385. The van der Waals surface area contributed by atoms with Crippen LogP contribution in [0, 0.1) is 10.1 Å². The van der Waals surface area contributed by atoms with E-state index in [2.05, 4.69) is 0 Å². The molecule has 0 fully saturated rings. The van der Waals surface area contributed by atoms with Crippen molar-refractivity contribution in [3.05, 3.63) is 69.8 Å². The molecule has 0 saturated carbocycles. The Morgan fingerprint density at radius 1 is 1.23 bits per heavy atom. The molecule has 0 saturated heterocycles. The van der Waals surface area contributed by atoms with E-state index in [-0.39, 0.29) is 18.1 Å². The predicted octanol–water partition coefficient (Wildman–Crippen LogP) is 2.88. The minimum atomic E-state index is -0.445. The molecule has 0 unspecified atom stereocenters. The second-order valence-corrected chi connectivity index (χ2v) is 4.78. The molecule has 0 aromatic heterocycles. The lowest BCUT2D eigenvalue weighted by atomic mass is 10.1. The highest BCUT2D eigenvalue weighted by Crippen LogP contribution is 2.20. The highest BCUT2D eigenvalue weighted by atomic mass is 16.6. The zero-order chi connectivity index (χ0) is 16.1. The van der Waals surface area contributed by atoms with Crippen LogP contribution in [0.15, 0.2) is 48.5 Å². The number of nitro groups is 1. The first-order valence-electron chi connectivity index (χ1n) is 6.64. The van der Waals surface area contributed by atoms with Gasteiger partial charge in [0.15, 0.2) is 0 Å². The van der Waals surface area contributed by atoms with Gasteiger partial charge >= 0.3 is 0 Å². The molecule has 22 heavy (non-hydrogen) atoms. The van der Waals surface area contributed by atoms with Crippen LogP contribution in [0.4, 0.5) is 5.69 Å². The molecule has 0 aliphatic carbocycles. The van der Waals surface area contributed by atoms with E-state index >= 15 is 0 Å². The van der Waals surface area contributed by atoms with E-state index < -0.39 is 4.92 Å². The van der Waals surface area contributed by atoms with Gasteiger partial charge in [0.05, 0.1) is 18.6 Å². The Bertz CT molecular complexity index is 700. The summed E-state index contributed by atoms with van der Waals surface area (Å²) in [5.74, 6) is 0.363. The van der Waals surface area contributed by atoms with E-state index in [1.54, 1.807) is 49.5 Å².